The Morgan fingerprint density at radius 3 is 1.90 bits per heavy atom. The summed E-state index contributed by atoms with van der Waals surface area (Å²) in [5, 5.41) is 4.72. The molecule has 0 N–H and O–H groups in total. The minimum Gasteiger partial charge on any atom is -0.299 e. The molecule has 0 amide bonds. The average molecular weight is 676 g/mol. The van der Waals surface area contributed by atoms with Crippen molar-refractivity contribution >= 4 is 44.9 Å². The molecule has 9 heteroatoms. The summed E-state index contributed by atoms with van der Waals surface area (Å²) >= 11 is 3.44. The Morgan fingerprint density at radius 1 is 0.708 bits per heavy atom. The minimum atomic E-state index is -0.310. The molecule has 0 radical (unpaired) electrons. The molecule has 2 fully saturated rings. The topological polar surface area (TPSA) is 63.4 Å². The summed E-state index contributed by atoms with van der Waals surface area (Å²) in [7, 11) is 0. The van der Waals surface area contributed by atoms with Gasteiger partial charge in [-0.15, -0.1) is 22.7 Å². The van der Waals surface area contributed by atoms with Crippen LogP contribution in [0.4, 0.5) is 0 Å². The Balaban J connectivity index is 1.25. The van der Waals surface area contributed by atoms with E-state index in [1.165, 1.54) is 56.7 Å². The highest BCUT2D eigenvalue weighted by Crippen LogP contribution is 2.33. The second-order valence-corrected chi connectivity index (χ2v) is 15.1. The summed E-state index contributed by atoms with van der Waals surface area (Å²) in [5.41, 5.74) is 6.61. The molecule has 48 heavy (non-hydrogen) atoms. The zero-order chi connectivity index (χ0) is 32.5. The highest BCUT2D eigenvalue weighted by Gasteiger charge is 2.23. The molecule has 1 aliphatic carbocycles. The van der Waals surface area contributed by atoms with Crippen molar-refractivity contribution in [1.82, 2.24) is 23.9 Å². The van der Waals surface area contributed by atoms with Crippen LogP contribution in [0.3, 0.4) is 0 Å². The first-order chi connectivity index (χ1) is 23.6. The van der Waals surface area contributed by atoms with Crippen LogP contribution in [-0.4, -0.2) is 63.2 Å². The van der Waals surface area contributed by atoms with Crippen LogP contribution in [0.1, 0.15) is 46.6 Å². The molecule has 5 aromatic rings. The summed E-state index contributed by atoms with van der Waals surface area (Å²) in [5.74, 6) is 0. The molecule has 4 aromatic heterocycles. The van der Waals surface area contributed by atoms with Crippen molar-refractivity contribution in [3.63, 3.8) is 0 Å². The zero-order valence-electron chi connectivity index (χ0n) is 27.3. The Morgan fingerprint density at radius 2 is 1.29 bits per heavy atom. The quantitative estimate of drug-likeness (QED) is 0.163. The monoisotopic (exact) mass is 675 g/mol. The predicted octanol–water partition coefficient (Wildman–Crippen LogP) is 6.81. The first-order valence-corrected chi connectivity index (χ1v) is 19.0. The third kappa shape index (κ3) is 6.32. The number of hydrogen-bond donors (Lipinski definition) is 0. The fourth-order valence-electron chi connectivity index (χ4n) is 7.54. The van der Waals surface area contributed by atoms with Gasteiger partial charge in [-0.1, -0.05) is 48.6 Å². The maximum absolute atomic E-state index is 14.5. The van der Waals surface area contributed by atoms with Gasteiger partial charge in [0.15, 0.2) is 5.65 Å². The van der Waals surface area contributed by atoms with E-state index in [0.29, 0.717) is 17.6 Å². The van der Waals surface area contributed by atoms with E-state index in [0.717, 1.165) is 68.9 Å². The molecule has 246 valence electrons. The number of fused-ring (bicyclic) bond motifs is 4. The van der Waals surface area contributed by atoms with Gasteiger partial charge in [0.25, 0.3) is 5.56 Å². The van der Waals surface area contributed by atoms with E-state index < -0.39 is 0 Å². The molecule has 3 aliphatic rings. The van der Waals surface area contributed by atoms with Gasteiger partial charge in [0, 0.05) is 41.5 Å². The lowest BCUT2D eigenvalue weighted by molar-refractivity contribution is 0.382. The van der Waals surface area contributed by atoms with Crippen molar-refractivity contribution in [3.05, 3.63) is 119 Å². The van der Waals surface area contributed by atoms with E-state index in [2.05, 4.69) is 75.2 Å². The van der Waals surface area contributed by atoms with Gasteiger partial charge in [0.1, 0.15) is 0 Å². The van der Waals surface area contributed by atoms with Gasteiger partial charge in [0.2, 0.25) is 0 Å². The molecule has 0 spiro atoms. The van der Waals surface area contributed by atoms with Gasteiger partial charge >= 0.3 is 5.69 Å². The number of benzene rings is 1. The van der Waals surface area contributed by atoms with E-state index >= 15 is 0 Å². The Kier molecular flexibility index (Phi) is 9.10. The van der Waals surface area contributed by atoms with Crippen molar-refractivity contribution < 1.29 is 0 Å². The number of aromatic nitrogens is 3. The number of thiophene rings is 2. The van der Waals surface area contributed by atoms with Crippen LogP contribution in [0, 0.1) is 0 Å². The molecule has 8 rings (SSSR count). The third-order valence-electron chi connectivity index (χ3n) is 10.1. The molecule has 2 saturated heterocycles. The van der Waals surface area contributed by atoms with Crippen molar-refractivity contribution in [3.8, 4) is 11.3 Å². The summed E-state index contributed by atoms with van der Waals surface area (Å²) in [6.07, 6.45) is 10.9. The maximum atomic E-state index is 14.5. The van der Waals surface area contributed by atoms with Crippen LogP contribution in [0.25, 0.3) is 33.4 Å². The van der Waals surface area contributed by atoms with Crippen molar-refractivity contribution in [1.29, 1.82) is 0 Å². The first-order valence-electron chi connectivity index (χ1n) is 17.3. The molecule has 2 aliphatic heterocycles. The molecule has 0 saturated carbocycles. The Labute approximate surface area is 289 Å². The highest BCUT2D eigenvalue weighted by atomic mass is 32.1. The standard InChI is InChI=1S/C39H41N5O2S2/c45-38-33-25-29-14-13-28-9-1-2-10-32(28)36(29)40-37(33)43(21-15-30(34-11-7-23-47-34)26-41-17-3-4-18-41)39(46)44(38)22-16-31(35-12-8-24-48-35)27-42-19-5-6-20-42/h1-2,7-12,15-16,23-25H,3-6,13-14,17-22,26-27H2/b30-15+,31-16+. The normalized spacial score (nSPS) is 17.3. The number of pyridine rings is 1. The van der Waals surface area contributed by atoms with Crippen LogP contribution in [0.5, 0.6) is 0 Å². The second kappa shape index (κ2) is 13.9. The summed E-state index contributed by atoms with van der Waals surface area (Å²) < 4.78 is 3.18. The van der Waals surface area contributed by atoms with E-state index in [-0.39, 0.29) is 17.8 Å². The van der Waals surface area contributed by atoms with E-state index in [4.69, 9.17) is 4.98 Å². The molecule has 0 atom stereocenters. The Hall–Kier alpha value is -3.89. The molecule has 0 bridgehead atoms. The molecule has 1 aromatic carbocycles. The van der Waals surface area contributed by atoms with Crippen molar-refractivity contribution in [2.24, 2.45) is 0 Å². The van der Waals surface area contributed by atoms with Crippen molar-refractivity contribution in [2.45, 2.75) is 51.6 Å². The molecular formula is C39H41N5O2S2. The molecular weight excluding hydrogens is 635 g/mol. The van der Waals surface area contributed by atoms with Crippen LogP contribution >= 0.6 is 22.7 Å². The number of allylic oxidation sites excluding steroid dienone is 2. The van der Waals surface area contributed by atoms with Gasteiger partial charge in [-0.2, -0.15) is 0 Å². The van der Waals surface area contributed by atoms with E-state index in [1.807, 2.05) is 12.1 Å². The number of likely N-dealkylation sites (tertiary alicyclic amines) is 2. The smallest absolute Gasteiger partial charge is 0.299 e. The van der Waals surface area contributed by atoms with E-state index in [1.54, 1.807) is 27.2 Å². The summed E-state index contributed by atoms with van der Waals surface area (Å²) in [6.45, 7) is 6.62. The second-order valence-electron chi connectivity index (χ2n) is 13.2. The lowest BCUT2D eigenvalue weighted by Crippen LogP contribution is -2.40. The lowest BCUT2D eigenvalue weighted by atomic mass is 9.89. The van der Waals surface area contributed by atoms with Crippen LogP contribution in [0.2, 0.25) is 0 Å². The summed E-state index contributed by atoms with van der Waals surface area (Å²) in [6, 6.07) is 18.9. The number of nitrogens with zero attached hydrogens (tertiary/aromatic N) is 5. The largest absolute Gasteiger partial charge is 0.333 e. The van der Waals surface area contributed by atoms with Crippen LogP contribution in [-0.2, 0) is 25.9 Å². The van der Waals surface area contributed by atoms with Crippen LogP contribution < -0.4 is 11.2 Å². The van der Waals surface area contributed by atoms with Gasteiger partial charge in [-0.3, -0.25) is 23.7 Å². The molecule has 0 unspecified atom stereocenters. The zero-order valence-corrected chi connectivity index (χ0v) is 28.9. The van der Waals surface area contributed by atoms with E-state index in [9.17, 15) is 9.59 Å². The van der Waals surface area contributed by atoms with Crippen LogP contribution in [0.15, 0.2) is 87.1 Å². The third-order valence-corrected chi connectivity index (χ3v) is 12.0. The fourth-order valence-corrected chi connectivity index (χ4v) is 9.06. The first kappa shape index (κ1) is 31.4. The average Bonchev–Trinajstić information content (AvgIpc) is 3.96. The van der Waals surface area contributed by atoms with Gasteiger partial charge < -0.3 is 0 Å². The SMILES string of the molecule is O=c1c2cc3c(nc2n(C/C=C(\CN2CCCC2)c2cccs2)c(=O)n1C/C=C(\CN1CCCC1)c1cccs1)-c1ccccc1CC3. The van der Waals surface area contributed by atoms with Gasteiger partial charge in [0.05, 0.1) is 11.1 Å². The minimum absolute atomic E-state index is 0.226. The fraction of sp³-hybridized carbons (Fsp3) is 0.359. The lowest BCUT2D eigenvalue weighted by Gasteiger charge is -2.21. The maximum Gasteiger partial charge on any atom is 0.333 e. The van der Waals surface area contributed by atoms with Crippen molar-refractivity contribution in [2.75, 3.05) is 39.3 Å². The highest BCUT2D eigenvalue weighted by molar-refractivity contribution is 7.11. The summed E-state index contributed by atoms with van der Waals surface area (Å²) in [4.78, 5) is 41.3. The predicted molar refractivity (Wildman–Crippen MR) is 199 cm³/mol. The van der Waals surface area contributed by atoms with Gasteiger partial charge in [-0.05, 0) is 116 Å². The number of aryl methyl sites for hydroxylation is 2. The number of rotatable bonds is 10. The molecule has 6 heterocycles. The van der Waals surface area contributed by atoms with Gasteiger partial charge in [-0.25, -0.2) is 9.78 Å². The Bertz CT molecular complexity index is 2090. The molecule has 7 nitrogen and oxygen atoms in total. The number of hydrogen-bond acceptors (Lipinski definition) is 7.